The van der Waals surface area contributed by atoms with Crippen LogP contribution in [-0.4, -0.2) is 40.2 Å². The lowest BCUT2D eigenvalue weighted by molar-refractivity contribution is -0.118. The molecule has 0 fully saturated rings. The molecule has 1 aromatic heterocycles. The fourth-order valence-corrected chi connectivity index (χ4v) is 3.28. The quantitative estimate of drug-likeness (QED) is 0.448. The van der Waals surface area contributed by atoms with Crippen molar-refractivity contribution in [2.75, 3.05) is 25.3 Å². The van der Waals surface area contributed by atoms with Crippen LogP contribution >= 0.6 is 11.8 Å². The van der Waals surface area contributed by atoms with Gasteiger partial charge in [0.05, 0.1) is 12.9 Å². The SMILES string of the molecule is COc1ccc(CCNC(=O)CSc2nnc(-c3ccc(C)cc3)n2N)cc1. The third-order valence-corrected chi connectivity index (χ3v) is 5.14. The summed E-state index contributed by atoms with van der Waals surface area (Å²) < 4.78 is 6.55. The lowest BCUT2D eigenvalue weighted by atomic mass is 10.1. The summed E-state index contributed by atoms with van der Waals surface area (Å²) in [5.41, 5.74) is 3.18. The van der Waals surface area contributed by atoms with Crippen molar-refractivity contribution in [2.45, 2.75) is 18.5 Å². The molecule has 0 aliphatic rings. The number of methoxy groups -OCH3 is 1. The van der Waals surface area contributed by atoms with Gasteiger partial charge in [-0.3, -0.25) is 4.79 Å². The average molecular weight is 398 g/mol. The predicted molar refractivity (Wildman–Crippen MR) is 111 cm³/mol. The number of nitrogens with two attached hydrogens (primary N) is 1. The number of nitrogen functional groups attached to an aromatic ring is 1. The first-order valence-corrected chi connectivity index (χ1v) is 9.85. The van der Waals surface area contributed by atoms with Crippen LogP contribution in [0.3, 0.4) is 0 Å². The van der Waals surface area contributed by atoms with Gasteiger partial charge in [-0.05, 0) is 31.0 Å². The zero-order valence-corrected chi connectivity index (χ0v) is 16.7. The second kappa shape index (κ2) is 9.27. The maximum absolute atomic E-state index is 12.1. The van der Waals surface area contributed by atoms with Crippen molar-refractivity contribution >= 4 is 17.7 Å². The molecule has 3 aromatic rings. The molecule has 7 nitrogen and oxygen atoms in total. The fourth-order valence-electron chi connectivity index (χ4n) is 2.59. The summed E-state index contributed by atoms with van der Waals surface area (Å²) in [6.07, 6.45) is 0.755. The minimum Gasteiger partial charge on any atom is -0.497 e. The lowest BCUT2D eigenvalue weighted by Gasteiger charge is -2.06. The molecule has 0 radical (unpaired) electrons. The molecule has 0 aliphatic carbocycles. The van der Waals surface area contributed by atoms with Crippen LogP contribution in [0.25, 0.3) is 11.4 Å². The van der Waals surface area contributed by atoms with Gasteiger partial charge in [0, 0.05) is 12.1 Å². The highest BCUT2D eigenvalue weighted by atomic mass is 32.2. The molecule has 28 heavy (non-hydrogen) atoms. The highest BCUT2D eigenvalue weighted by Gasteiger charge is 2.13. The van der Waals surface area contributed by atoms with E-state index in [0.29, 0.717) is 17.5 Å². The molecular weight excluding hydrogens is 374 g/mol. The van der Waals surface area contributed by atoms with E-state index in [4.69, 9.17) is 10.6 Å². The molecule has 1 amide bonds. The number of thioether (sulfide) groups is 1. The van der Waals surface area contributed by atoms with E-state index in [-0.39, 0.29) is 11.7 Å². The number of hydrogen-bond donors (Lipinski definition) is 2. The van der Waals surface area contributed by atoms with Crippen molar-refractivity contribution in [3.63, 3.8) is 0 Å². The number of aryl methyl sites for hydroxylation is 1. The first-order valence-electron chi connectivity index (χ1n) is 8.87. The molecule has 146 valence electrons. The molecule has 3 rings (SSSR count). The summed E-state index contributed by atoms with van der Waals surface area (Å²) in [4.78, 5) is 12.1. The first kappa shape index (κ1) is 19.8. The highest BCUT2D eigenvalue weighted by Crippen LogP contribution is 2.21. The van der Waals surface area contributed by atoms with Gasteiger partial charge in [-0.2, -0.15) is 0 Å². The largest absolute Gasteiger partial charge is 0.497 e. The van der Waals surface area contributed by atoms with Crippen LogP contribution in [0.1, 0.15) is 11.1 Å². The zero-order valence-electron chi connectivity index (χ0n) is 15.9. The average Bonchev–Trinajstić information content (AvgIpc) is 3.08. The highest BCUT2D eigenvalue weighted by molar-refractivity contribution is 7.99. The van der Waals surface area contributed by atoms with E-state index in [1.807, 2.05) is 55.5 Å². The fraction of sp³-hybridized carbons (Fsp3) is 0.250. The van der Waals surface area contributed by atoms with Gasteiger partial charge < -0.3 is 15.9 Å². The summed E-state index contributed by atoms with van der Waals surface area (Å²) in [6.45, 7) is 2.58. The normalized spacial score (nSPS) is 10.6. The van der Waals surface area contributed by atoms with Crippen LogP contribution in [0, 0.1) is 6.92 Å². The van der Waals surface area contributed by atoms with Gasteiger partial charge in [0.25, 0.3) is 0 Å². The van der Waals surface area contributed by atoms with E-state index >= 15 is 0 Å². The number of amides is 1. The van der Waals surface area contributed by atoms with E-state index in [1.54, 1.807) is 7.11 Å². The molecule has 0 unspecified atom stereocenters. The third-order valence-electron chi connectivity index (χ3n) is 4.20. The zero-order chi connectivity index (χ0) is 19.9. The number of ether oxygens (including phenoxy) is 1. The summed E-state index contributed by atoms with van der Waals surface area (Å²) >= 11 is 1.26. The number of aromatic nitrogens is 3. The molecular formula is C20H23N5O2S. The van der Waals surface area contributed by atoms with Gasteiger partial charge in [0.2, 0.25) is 11.1 Å². The van der Waals surface area contributed by atoms with E-state index in [1.165, 1.54) is 16.4 Å². The number of carbonyl (C=O) groups excluding carboxylic acids is 1. The Bertz CT molecular complexity index is 923. The van der Waals surface area contributed by atoms with Crippen LogP contribution in [0.15, 0.2) is 53.7 Å². The standard InChI is InChI=1S/C20H23N5O2S/c1-14-3-7-16(8-4-14)19-23-24-20(25(19)21)28-13-18(26)22-12-11-15-5-9-17(27-2)10-6-15/h3-10H,11-13,21H2,1-2H3,(H,22,26). The molecule has 0 bridgehead atoms. The van der Waals surface area contributed by atoms with Crippen molar-refractivity contribution in [1.82, 2.24) is 20.2 Å². The molecule has 8 heteroatoms. The molecule has 2 aromatic carbocycles. The van der Waals surface area contributed by atoms with Gasteiger partial charge in [0.15, 0.2) is 5.82 Å². The molecule has 1 heterocycles. The van der Waals surface area contributed by atoms with E-state index in [9.17, 15) is 4.79 Å². The number of nitrogens with zero attached hydrogens (tertiary/aromatic N) is 3. The van der Waals surface area contributed by atoms with Gasteiger partial charge in [-0.25, -0.2) is 4.68 Å². The topological polar surface area (TPSA) is 95.1 Å². The van der Waals surface area contributed by atoms with Crippen LogP contribution in [0.5, 0.6) is 5.75 Å². The van der Waals surface area contributed by atoms with Crippen molar-refractivity contribution in [3.05, 3.63) is 59.7 Å². The molecule has 0 atom stereocenters. The number of hydrogen-bond acceptors (Lipinski definition) is 6. The Labute approximate surface area is 168 Å². The van der Waals surface area contributed by atoms with E-state index < -0.39 is 0 Å². The van der Waals surface area contributed by atoms with Gasteiger partial charge in [-0.15, -0.1) is 10.2 Å². The predicted octanol–water partition coefficient (Wildman–Crippen LogP) is 2.43. The van der Waals surface area contributed by atoms with Crippen LogP contribution in [0.4, 0.5) is 0 Å². The third kappa shape index (κ3) is 5.04. The van der Waals surface area contributed by atoms with Crippen molar-refractivity contribution < 1.29 is 9.53 Å². The molecule has 0 saturated heterocycles. The monoisotopic (exact) mass is 397 g/mol. The second-order valence-corrected chi connectivity index (χ2v) is 7.22. The van der Waals surface area contributed by atoms with E-state index in [0.717, 1.165) is 28.9 Å². The van der Waals surface area contributed by atoms with Crippen molar-refractivity contribution in [3.8, 4) is 17.1 Å². The van der Waals surface area contributed by atoms with Crippen molar-refractivity contribution in [1.29, 1.82) is 0 Å². The van der Waals surface area contributed by atoms with Gasteiger partial charge >= 0.3 is 0 Å². The van der Waals surface area contributed by atoms with E-state index in [2.05, 4.69) is 15.5 Å². The summed E-state index contributed by atoms with van der Waals surface area (Å²) in [7, 11) is 1.64. The Morgan fingerprint density at radius 2 is 1.86 bits per heavy atom. The summed E-state index contributed by atoms with van der Waals surface area (Å²) in [5.74, 6) is 7.64. The first-order chi connectivity index (χ1) is 13.6. The minimum atomic E-state index is -0.0709. The van der Waals surface area contributed by atoms with Gasteiger partial charge in [0.1, 0.15) is 5.75 Å². The summed E-state index contributed by atoms with van der Waals surface area (Å²) in [6, 6.07) is 15.7. The van der Waals surface area contributed by atoms with Gasteiger partial charge in [-0.1, -0.05) is 53.7 Å². The molecule has 0 aliphatic heterocycles. The molecule has 0 spiro atoms. The Balaban J connectivity index is 1.47. The van der Waals surface area contributed by atoms with Crippen LogP contribution in [0.2, 0.25) is 0 Å². The number of benzene rings is 2. The maximum atomic E-state index is 12.1. The Morgan fingerprint density at radius 3 is 2.54 bits per heavy atom. The Hall–Kier alpha value is -3.00. The lowest BCUT2D eigenvalue weighted by Crippen LogP contribution is -2.27. The molecule has 0 saturated carbocycles. The van der Waals surface area contributed by atoms with Crippen LogP contribution in [-0.2, 0) is 11.2 Å². The molecule has 3 N–H and O–H groups in total. The van der Waals surface area contributed by atoms with Crippen molar-refractivity contribution in [2.24, 2.45) is 0 Å². The maximum Gasteiger partial charge on any atom is 0.230 e. The Kier molecular flexibility index (Phi) is 6.54. The smallest absolute Gasteiger partial charge is 0.230 e. The second-order valence-electron chi connectivity index (χ2n) is 6.28. The number of carbonyl (C=O) groups is 1. The minimum absolute atomic E-state index is 0.0709. The number of rotatable bonds is 8. The Morgan fingerprint density at radius 1 is 1.14 bits per heavy atom. The summed E-state index contributed by atoms with van der Waals surface area (Å²) in [5, 5.41) is 11.6. The van der Waals surface area contributed by atoms with Crippen LogP contribution < -0.4 is 15.9 Å². The number of nitrogens with one attached hydrogen (secondary N) is 1.